The van der Waals surface area contributed by atoms with Crippen molar-refractivity contribution in [1.29, 1.82) is 0 Å². The van der Waals surface area contributed by atoms with E-state index in [1.807, 2.05) is 31.2 Å². The summed E-state index contributed by atoms with van der Waals surface area (Å²) in [6.45, 7) is 2.28. The largest absolute Gasteiger partial charge is 0.480 e. The summed E-state index contributed by atoms with van der Waals surface area (Å²) in [4.78, 5) is 26.2. The molecule has 1 aliphatic carbocycles. The van der Waals surface area contributed by atoms with Gasteiger partial charge in [-0.25, -0.2) is 4.79 Å². The predicted octanol–water partition coefficient (Wildman–Crippen LogP) is 2.10. The molecule has 0 unspecified atom stereocenters. The number of benzene rings is 1. The SMILES string of the molecule is Cc1ccc(CN(C)C(=O)N(CC(=O)O)C2CC2)cc1. The lowest BCUT2D eigenvalue weighted by Crippen LogP contribution is -2.44. The summed E-state index contributed by atoms with van der Waals surface area (Å²) in [6.07, 6.45) is 1.80. The van der Waals surface area contributed by atoms with Gasteiger partial charge in [0.2, 0.25) is 0 Å². The molecule has 2 rings (SSSR count). The molecule has 1 aliphatic rings. The van der Waals surface area contributed by atoms with E-state index < -0.39 is 5.97 Å². The van der Waals surface area contributed by atoms with Crippen LogP contribution in [0.3, 0.4) is 0 Å². The van der Waals surface area contributed by atoms with Gasteiger partial charge in [-0.3, -0.25) is 4.79 Å². The second-order valence-electron chi connectivity index (χ2n) is 5.38. The maximum absolute atomic E-state index is 12.3. The first kappa shape index (κ1) is 14.4. The number of hydrogen-bond acceptors (Lipinski definition) is 2. The molecule has 1 saturated carbocycles. The van der Waals surface area contributed by atoms with E-state index in [9.17, 15) is 9.59 Å². The number of carbonyl (C=O) groups excluding carboxylic acids is 1. The molecular formula is C15H20N2O3. The first-order chi connectivity index (χ1) is 9.47. The summed E-state index contributed by atoms with van der Waals surface area (Å²) in [5, 5.41) is 8.90. The summed E-state index contributed by atoms with van der Waals surface area (Å²) < 4.78 is 0. The van der Waals surface area contributed by atoms with Crippen molar-refractivity contribution in [3.63, 3.8) is 0 Å². The van der Waals surface area contributed by atoms with Crippen molar-refractivity contribution in [2.75, 3.05) is 13.6 Å². The molecule has 0 atom stereocenters. The molecule has 1 aromatic rings. The van der Waals surface area contributed by atoms with E-state index in [0.717, 1.165) is 18.4 Å². The van der Waals surface area contributed by atoms with Gasteiger partial charge in [0.1, 0.15) is 6.54 Å². The zero-order valence-electron chi connectivity index (χ0n) is 11.9. The number of carboxylic acids is 1. The highest BCUT2D eigenvalue weighted by Crippen LogP contribution is 2.27. The van der Waals surface area contributed by atoms with Crippen LogP contribution in [0.1, 0.15) is 24.0 Å². The van der Waals surface area contributed by atoms with Gasteiger partial charge in [0.05, 0.1) is 0 Å². The van der Waals surface area contributed by atoms with Crippen molar-refractivity contribution in [3.8, 4) is 0 Å². The fourth-order valence-electron chi connectivity index (χ4n) is 2.14. The molecule has 0 bridgehead atoms. The van der Waals surface area contributed by atoms with E-state index in [4.69, 9.17) is 5.11 Å². The second-order valence-corrected chi connectivity index (χ2v) is 5.38. The highest BCUT2D eigenvalue weighted by molar-refractivity contribution is 5.80. The van der Waals surface area contributed by atoms with Crippen LogP contribution in [0.5, 0.6) is 0 Å². The minimum Gasteiger partial charge on any atom is -0.480 e. The molecule has 0 saturated heterocycles. The van der Waals surface area contributed by atoms with Gasteiger partial charge in [-0.05, 0) is 25.3 Å². The Balaban J connectivity index is 1.99. The highest BCUT2D eigenvalue weighted by Gasteiger charge is 2.35. The topological polar surface area (TPSA) is 60.9 Å². The maximum atomic E-state index is 12.3. The normalized spacial score (nSPS) is 13.9. The third-order valence-electron chi connectivity index (χ3n) is 3.41. The average Bonchev–Trinajstić information content (AvgIpc) is 3.22. The lowest BCUT2D eigenvalue weighted by Gasteiger charge is -2.27. The molecule has 20 heavy (non-hydrogen) atoms. The van der Waals surface area contributed by atoms with Crippen LogP contribution in [0, 0.1) is 6.92 Å². The fraction of sp³-hybridized carbons (Fsp3) is 0.467. The number of carboxylic acid groups (broad SMARTS) is 1. The minimum atomic E-state index is -0.964. The Morgan fingerprint density at radius 2 is 1.85 bits per heavy atom. The molecule has 0 spiro atoms. The van der Waals surface area contributed by atoms with Crippen LogP contribution < -0.4 is 0 Å². The van der Waals surface area contributed by atoms with Gasteiger partial charge in [-0.1, -0.05) is 29.8 Å². The molecule has 0 aromatic heterocycles. The third kappa shape index (κ3) is 3.73. The van der Waals surface area contributed by atoms with Crippen LogP contribution in [0.15, 0.2) is 24.3 Å². The van der Waals surface area contributed by atoms with Gasteiger partial charge in [-0.2, -0.15) is 0 Å². The molecule has 0 radical (unpaired) electrons. The summed E-state index contributed by atoms with van der Waals surface area (Å²) in [5.74, 6) is -0.964. The van der Waals surface area contributed by atoms with Crippen molar-refractivity contribution in [2.24, 2.45) is 0 Å². The van der Waals surface area contributed by atoms with Crippen molar-refractivity contribution < 1.29 is 14.7 Å². The maximum Gasteiger partial charge on any atom is 0.323 e. The summed E-state index contributed by atoms with van der Waals surface area (Å²) in [6, 6.07) is 7.86. The van der Waals surface area contributed by atoms with E-state index in [1.165, 1.54) is 10.5 Å². The molecule has 0 aliphatic heterocycles. The molecule has 0 heterocycles. The number of nitrogens with zero attached hydrogens (tertiary/aromatic N) is 2. The van der Waals surface area contributed by atoms with Crippen LogP contribution in [0.4, 0.5) is 4.79 Å². The van der Waals surface area contributed by atoms with Crippen LogP contribution in [0.2, 0.25) is 0 Å². The van der Waals surface area contributed by atoms with Gasteiger partial charge in [0.25, 0.3) is 0 Å². The number of rotatable bonds is 5. The van der Waals surface area contributed by atoms with Crippen molar-refractivity contribution in [1.82, 2.24) is 9.80 Å². The Bertz CT molecular complexity index is 494. The van der Waals surface area contributed by atoms with Crippen molar-refractivity contribution >= 4 is 12.0 Å². The monoisotopic (exact) mass is 276 g/mol. The predicted molar refractivity (Wildman–Crippen MR) is 75.4 cm³/mol. The molecule has 2 amide bonds. The Kier molecular flexibility index (Phi) is 4.27. The smallest absolute Gasteiger partial charge is 0.323 e. The number of aliphatic carboxylic acids is 1. The average molecular weight is 276 g/mol. The Hall–Kier alpha value is -2.04. The minimum absolute atomic E-state index is 0.0964. The standard InChI is InChI=1S/C15H20N2O3/c1-11-3-5-12(6-4-11)9-16(2)15(20)17(10-14(18)19)13-7-8-13/h3-6,13H,7-10H2,1-2H3,(H,18,19). The van der Waals surface area contributed by atoms with Crippen molar-refractivity contribution in [2.45, 2.75) is 32.4 Å². The third-order valence-corrected chi connectivity index (χ3v) is 3.41. The number of aryl methyl sites for hydroxylation is 1. The summed E-state index contributed by atoms with van der Waals surface area (Å²) >= 11 is 0. The van der Waals surface area contributed by atoms with Crippen molar-refractivity contribution in [3.05, 3.63) is 35.4 Å². The molecule has 1 N–H and O–H groups in total. The zero-order valence-corrected chi connectivity index (χ0v) is 11.9. The van der Waals surface area contributed by atoms with Gasteiger partial charge < -0.3 is 14.9 Å². The quantitative estimate of drug-likeness (QED) is 0.896. The fourth-order valence-corrected chi connectivity index (χ4v) is 2.14. The van der Waals surface area contributed by atoms with E-state index in [-0.39, 0.29) is 18.6 Å². The Morgan fingerprint density at radius 1 is 1.25 bits per heavy atom. The number of amides is 2. The molecule has 1 fully saturated rings. The van der Waals surface area contributed by atoms with Gasteiger partial charge in [0.15, 0.2) is 0 Å². The number of urea groups is 1. The lowest BCUT2D eigenvalue weighted by atomic mass is 10.1. The Labute approximate surface area is 118 Å². The molecule has 108 valence electrons. The van der Waals surface area contributed by atoms with E-state index in [1.54, 1.807) is 11.9 Å². The first-order valence-corrected chi connectivity index (χ1v) is 6.76. The van der Waals surface area contributed by atoms with E-state index >= 15 is 0 Å². The molecule has 5 nitrogen and oxygen atoms in total. The van der Waals surface area contributed by atoms with Crippen LogP contribution >= 0.6 is 0 Å². The highest BCUT2D eigenvalue weighted by atomic mass is 16.4. The first-order valence-electron chi connectivity index (χ1n) is 6.76. The number of hydrogen-bond donors (Lipinski definition) is 1. The molecule has 5 heteroatoms. The molecule has 1 aromatic carbocycles. The summed E-state index contributed by atoms with van der Waals surface area (Å²) in [5.41, 5.74) is 2.21. The van der Waals surface area contributed by atoms with Gasteiger partial charge >= 0.3 is 12.0 Å². The Morgan fingerprint density at radius 3 is 2.35 bits per heavy atom. The van der Waals surface area contributed by atoms with Crippen LogP contribution in [-0.4, -0.2) is 46.5 Å². The van der Waals surface area contributed by atoms with Gasteiger partial charge in [0, 0.05) is 19.6 Å². The zero-order chi connectivity index (χ0) is 14.7. The number of carbonyl (C=O) groups is 2. The second kappa shape index (κ2) is 5.94. The van der Waals surface area contributed by atoms with Gasteiger partial charge in [-0.15, -0.1) is 0 Å². The van der Waals surface area contributed by atoms with Crippen LogP contribution in [-0.2, 0) is 11.3 Å². The molecular weight excluding hydrogens is 256 g/mol. The van der Waals surface area contributed by atoms with E-state index in [2.05, 4.69) is 0 Å². The summed E-state index contributed by atoms with van der Waals surface area (Å²) in [7, 11) is 1.71. The van der Waals surface area contributed by atoms with Crippen LogP contribution in [0.25, 0.3) is 0 Å². The lowest BCUT2D eigenvalue weighted by molar-refractivity contribution is -0.137. The van der Waals surface area contributed by atoms with E-state index in [0.29, 0.717) is 6.54 Å².